The number of pyridine rings is 2. The van der Waals surface area contributed by atoms with Crippen molar-refractivity contribution in [3.8, 4) is 5.69 Å². The molecule has 8 nitrogen and oxygen atoms in total. The smallest absolute Gasteiger partial charge is 0.335 e. The van der Waals surface area contributed by atoms with Crippen LogP contribution in [-0.4, -0.2) is 49.7 Å². The molecule has 2 aliphatic heterocycles. The van der Waals surface area contributed by atoms with E-state index >= 15 is 0 Å². The molecule has 6 rings (SSSR count). The minimum absolute atomic E-state index is 0.00280. The van der Waals surface area contributed by atoms with Crippen molar-refractivity contribution in [2.24, 2.45) is 7.05 Å². The number of piperidine rings is 1. The first-order valence-corrected chi connectivity index (χ1v) is 13.1. The first-order valence-electron chi connectivity index (χ1n) is 13.1. The van der Waals surface area contributed by atoms with Gasteiger partial charge in [-0.2, -0.15) is 0 Å². The van der Waals surface area contributed by atoms with Crippen LogP contribution in [0.3, 0.4) is 0 Å². The molecule has 1 atom stereocenters. The molecular weight excluding hydrogens is 504 g/mol. The quantitative estimate of drug-likeness (QED) is 0.389. The number of fused-ring (bicyclic) bond motifs is 2. The number of nitrogens with zero attached hydrogens (tertiary/aromatic N) is 4. The van der Waals surface area contributed by atoms with Gasteiger partial charge in [0.05, 0.1) is 11.3 Å². The zero-order valence-electron chi connectivity index (χ0n) is 21.7. The lowest BCUT2D eigenvalue weighted by molar-refractivity contribution is 0.0695. The van der Waals surface area contributed by atoms with Gasteiger partial charge in [0.15, 0.2) is 0 Å². The molecule has 39 heavy (non-hydrogen) atoms. The van der Waals surface area contributed by atoms with Gasteiger partial charge < -0.3 is 15.0 Å². The standard InChI is InChI=1S/C29H29F2N5O3/c1-16(35-10-5-17(6-11-35)26-21(30)13-18(29(38)39)14-22(26)31)25-15-20-24(4-9-33-27(20)34(25)2)36-12-7-23-19(28(36)37)3-8-32-23/h4,7,9,12-17,32H,3,5-6,8,10-11H2,1-2H3,(H,38,39)/t16-/m0/s1. The number of aryl methyl sites for hydroxylation is 1. The summed E-state index contributed by atoms with van der Waals surface area (Å²) in [4.78, 5) is 31.2. The lowest BCUT2D eigenvalue weighted by atomic mass is 9.87. The number of carboxylic acid groups (broad SMARTS) is 1. The maximum absolute atomic E-state index is 14.7. The Hall–Kier alpha value is -4.05. The number of rotatable bonds is 5. The van der Waals surface area contributed by atoms with Crippen molar-refractivity contribution in [3.05, 3.63) is 87.1 Å². The molecule has 2 aliphatic rings. The zero-order valence-corrected chi connectivity index (χ0v) is 21.7. The maximum Gasteiger partial charge on any atom is 0.335 e. The molecule has 202 valence electrons. The van der Waals surface area contributed by atoms with Crippen molar-refractivity contribution in [2.45, 2.75) is 38.1 Å². The molecular formula is C29H29F2N5O3. The summed E-state index contributed by atoms with van der Waals surface area (Å²) in [5.41, 5.74) is 3.83. The van der Waals surface area contributed by atoms with E-state index in [1.54, 1.807) is 17.0 Å². The van der Waals surface area contributed by atoms with Crippen molar-refractivity contribution in [1.82, 2.24) is 19.0 Å². The summed E-state index contributed by atoms with van der Waals surface area (Å²) in [7, 11) is 1.96. The van der Waals surface area contributed by atoms with Crippen LogP contribution >= 0.6 is 0 Å². The molecule has 1 saturated heterocycles. The first kappa shape index (κ1) is 25.2. The number of halogens is 2. The lowest BCUT2D eigenvalue weighted by Gasteiger charge is -2.36. The van der Waals surface area contributed by atoms with Crippen LogP contribution in [0.4, 0.5) is 14.5 Å². The Morgan fingerprint density at radius 1 is 1.15 bits per heavy atom. The Morgan fingerprint density at radius 3 is 2.56 bits per heavy atom. The highest BCUT2D eigenvalue weighted by molar-refractivity contribution is 5.88. The predicted molar refractivity (Wildman–Crippen MR) is 144 cm³/mol. The SMILES string of the molecule is C[C@@H](c1cc2c(-n3ccc4c(c3=O)CCN4)ccnc2n1C)N1CCC(c2c(F)cc(C(=O)O)cc2F)CC1. The number of likely N-dealkylation sites (tertiary alicyclic amines) is 1. The van der Waals surface area contributed by atoms with E-state index in [1.165, 1.54) is 0 Å². The van der Waals surface area contributed by atoms with E-state index in [4.69, 9.17) is 5.11 Å². The second-order valence-electron chi connectivity index (χ2n) is 10.4. The minimum Gasteiger partial charge on any atom is -0.478 e. The summed E-state index contributed by atoms with van der Waals surface area (Å²) >= 11 is 0. The molecule has 0 unspecified atom stereocenters. The normalized spacial score (nSPS) is 16.8. The Balaban J connectivity index is 1.26. The van der Waals surface area contributed by atoms with Gasteiger partial charge in [0.1, 0.15) is 17.3 Å². The lowest BCUT2D eigenvalue weighted by Crippen LogP contribution is -2.36. The van der Waals surface area contributed by atoms with Crippen LogP contribution in [0.15, 0.2) is 47.5 Å². The average molecular weight is 534 g/mol. The third-order valence-electron chi connectivity index (χ3n) is 8.33. The van der Waals surface area contributed by atoms with Gasteiger partial charge in [0.25, 0.3) is 5.56 Å². The molecule has 3 aromatic heterocycles. The zero-order chi connectivity index (χ0) is 27.4. The van der Waals surface area contributed by atoms with Gasteiger partial charge in [-0.1, -0.05) is 0 Å². The molecule has 1 aromatic carbocycles. The fourth-order valence-electron chi connectivity index (χ4n) is 6.19. The van der Waals surface area contributed by atoms with Crippen LogP contribution in [0.25, 0.3) is 16.7 Å². The molecule has 2 N–H and O–H groups in total. The third-order valence-corrected chi connectivity index (χ3v) is 8.33. The Labute approximate surface area is 223 Å². The van der Waals surface area contributed by atoms with Gasteiger partial charge in [-0.3, -0.25) is 14.3 Å². The fourth-order valence-corrected chi connectivity index (χ4v) is 6.19. The number of nitrogens with one attached hydrogen (secondary N) is 1. The van der Waals surface area contributed by atoms with E-state index < -0.39 is 17.6 Å². The van der Waals surface area contributed by atoms with Crippen LogP contribution in [0, 0.1) is 11.6 Å². The summed E-state index contributed by atoms with van der Waals surface area (Å²) in [6.07, 6.45) is 5.32. The van der Waals surface area contributed by atoms with E-state index in [-0.39, 0.29) is 28.6 Å². The Bertz CT molecular complexity index is 1650. The van der Waals surface area contributed by atoms with Crippen molar-refractivity contribution < 1.29 is 18.7 Å². The predicted octanol–water partition coefficient (Wildman–Crippen LogP) is 4.61. The van der Waals surface area contributed by atoms with Gasteiger partial charge in [0.2, 0.25) is 0 Å². The second kappa shape index (κ2) is 9.60. The third kappa shape index (κ3) is 4.19. The van der Waals surface area contributed by atoms with Gasteiger partial charge in [-0.05, 0) is 75.5 Å². The van der Waals surface area contributed by atoms with Gasteiger partial charge >= 0.3 is 5.97 Å². The Morgan fingerprint density at radius 2 is 1.87 bits per heavy atom. The maximum atomic E-state index is 14.7. The highest BCUT2D eigenvalue weighted by Gasteiger charge is 2.30. The summed E-state index contributed by atoms with van der Waals surface area (Å²) in [5.74, 6) is -3.28. The molecule has 0 radical (unpaired) electrons. The number of aromatic nitrogens is 3. The molecule has 0 amide bonds. The molecule has 0 aliphatic carbocycles. The molecule has 10 heteroatoms. The van der Waals surface area contributed by atoms with Crippen LogP contribution in [0.1, 0.15) is 58.9 Å². The molecule has 0 bridgehead atoms. The van der Waals surface area contributed by atoms with Crippen LogP contribution in [-0.2, 0) is 13.5 Å². The van der Waals surface area contributed by atoms with Gasteiger partial charge in [-0.25, -0.2) is 18.6 Å². The van der Waals surface area contributed by atoms with E-state index in [0.29, 0.717) is 32.4 Å². The number of carbonyl (C=O) groups is 1. The minimum atomic E-state index is -1.35. The van der Waals surface area contributed by atoms with Gasteiger partial charge in [0, 0.05) is 59.9 Å². The Kier molecular flexibility index (Phi) is 6.22. The highest BCUT2D eigenvalue weighted by Crippen LogP contribution is 2.36. The van der Waals surface area contributed by atoms with Crippen molar-refractivity contribution in [3.63, 3.8) is 0 Å². The molecule has 1 fully saturated rings. The molecule has 5 heterocycles. The highest BCUT2D eigenvalue weighted by atomic mass is 19.1. The average Bonchev–Trinajstić information content (AvgIpc) is 3.54. The first-order chi connectivity index (χ1) is 18.7. The van der Waals surface area contributed by atoms with Gasteiger partial charge in [-0.15, -0.1) is 0 Å². The van der Waals surface area contributed by atoms with Crippen LogP contribution in [0.5, 0.6) is 0 Å². The number of anilines is 1. The van der Waals surface area contributed by atoms with E-state index in [9.17, 15) is 18.4 Å². The molecule has 0 spiro atoms. The molecule has 0 saturated carbocycles. The van der Waals surface area contributed by atoms with Crippen molar-refractivity contribution >= 4 is 22.7 Å². The summed E-state index contributed by atoms with van der Waals surface area (Å²) in [6, 6.07) is 7.68. The number of carboxylic acids is 1. The number of hydrogen-bond acceptors (Lipinski definition) is 5. The summed E-state index contributed by atoms with van der Waals surface area (Å²) < 4.78 is 33.1. The largest absolute Gasteiger partial charge is 0.478 e. The summed E-state index contributed by atoms with van der Waals surface area (Å²) in [5, 5.41) is 13.2. The number of benzene rings is 1. The van der Waals surface area contributed by atoms with Crippen LogP contribution < -0.4 is 10.9 Å². The van der Waals surface area contributed by atoms with Crippen molar-refractivity contribution in [1.29, 1.82) is 0 Å². The molecule has 4 aromatic rings. The number of hydrogen-bond donors (Lipinski definition) is 2. The van der Waals surface area contributed by atoms with E-state index in [1.807, 2.05) is 23.7 Å². The van der Waals surface area contributed by atoms with Crippen molar-refractivity contribution in [2.75, 3.05) is 25.0 Å². The monoisotopic (exact) mass is 533 g/mol. The van der Waals surface area contributed by atoms with E-state index in [2.05, 4.69) is 28.2 Å². The number of aromatic carboxylic acids is 1. The van der Waals surface area contributed by atoms with Crippen LogP contribution in [0.2, 0.25) is 0 Å². The second-order valence-corrected chi connectivity index (χ2v) is 10.4. The summed E-state index contributed by atoms with van der Waals surface area (Å²) in [6.45, 7) is 4.12. The topological polar surface area (TPSA) is 92.4 Å². The fraction of sp³-hybridized carbons (Fsp3) is 0.345. The van der Waals surface area contributed by atoms with E-state index in [0.717, 1.165) is 52.3 Å².